The molecule has 22 heavy (non-hydrogen) atoms. The topological polar surface area (TPSA) is 36.4 Å². The standard InChI is InChI=1S/C14H26F3N3S.HI/c1-3-18-12(19-9-5-4-8-14(15,16)17)20-11-13(2)7-6-10-21-13;/h3-11H2,1-2H3,(H2,18,19,20);1H. The van der Waals surface area contributed by atoms with Crippen LogP contribution in [0.1, 0.15) is 46.0 Å². The second-order valence-electron chi connectivity index (χ2n) is 5.60. The highest BCUT2D eigenvalue weighted by Gasteiger charge is 2.29. The van der Waals surface area contributed by atoms with Crippen molar-refractivity contribution >= 4 is 41.7 Å². The number of hydrogen-bond donors (Lipinski definition) is 2. The molecule has 0 aromatic heterocycles. The summed E-state index contributed by atoms with van der Waals surface area (Å²) in [6.07, 6.45) is -1.70. The van der Waals surface area contributed by atoms with E-state index < -0.39 is 12.6 Å². The molecule has 1 aliphatic heterocycles. The summed E-state index contributed by atoms with van der Waals surface area (Å²) in [6.45, 7) is 6.22. The van der Waals surface area contributed by atoms with E-state index in [0.29, 0.717) is 18.9 Å². The van der Waals surface area contributed by atoms with Gasteiger partial charge in [-0.05, 0) is 45.3 Å². The largest absolute Gasteiger partial charge is 0.389 e. The number of hydrogen-bond acceptors (Lipinski definition) is 2. The Morgan fingerprint density at radius 3 is 2.55 bits per heavy atom. The fourth-order valence-corrected chi connectivity index (χ4v) is 3.43. The number of alkyl halides is 3. The molecule has 0 saturated carbocycles. The summed E-state index contributed by atoms with van der Waals surface area (Å²) in [4.78, 5) is 4.56. The van der Waals surface area contributed by atoms with Crippen molar-refractivity contribution in [2.24, 2.45) is 4.99 Å². The first kappa shape index (κ1) is 22.1. The molecule has 0 spiro atoms. The van der Waals surface area contributed by atoms with E-state index in [-0.39, 0.29) is 35.1 Å². The molecule has 0 aromatic carbocycles. The smallest absolute Gasteiger partial charge is 0.357 e. The van der Waals surface area contributed by atoms with Crippen molar-refractivity contribution in [3.63, 3.8) is 0 Å². The van der Waals surface area contributed by atoms with Crippen LogP contribution in [-0.2, 0) is 0 Å². The zero-order valence-corrected chi connectivity index (χ0v) is 16.4. The van der Waals surface area contributed by atoms with Crippen molar-refractivity contribution in [2.45, 2.75) is 56.9 Å². The second kappa shape index (κ2) is 10.8. The molecule has 1 unspecified atom stereocenters. The molecule has 0 bridgehead atoms. The maximum atomic E-state index is 12.0. The van der Waals surface area contributed by atoms with Crippen molar-refractivity contribution in [3.8, 4) is 0 Å². The van der Waals surface area contributed by atoms with E-state index >= 15 is 0 Å². The Labute approximate surface area is 152 Å². The van der Waals surface area contributed by atoms with Gasteiger partial charge in [0.1, 0.15) is 0 Å². The molecule has 0 aromatic rings. The Hall–Kier alpha value is 0.140. The quantitative estimate of drug-likeness (QED) is 0.263. The van der Waals surface area contributed by atoms with Gasteiger partial charge in [-0.2, -0.15) is 24.9 Å². The molecular formula is C14H27F3IN3S. The van der Waals surface area contributed by atoms with E-state index in [1.807, 2.05) is 18.7 Å². The first-order valence-corrected chi connectivity index (χ1v) is 8.56. The minimum atomic E-state index is -4.05. The Kier molecular flexibility index (Phi) is 10.9. The summed E-state index contributed by atoms with van der Waals surface area (Å²) in [6, 6.07) is 0. The minimum Gasteiger partial charge on any atom is -0.357 e. The summed E-state index contributed by atoms with van der Waals surface area (Å²) < 4.78 is 36.3. The van der Waals surface area contributed by atoms with Crippen LogP contribution in [0.5, 0.6) is 0 Å². The molecule has 3 nitrogen and oxygen atoms in total. The van der Waals surface area contributed by atoms with Crippen LogP contribution in [0.3, 0.4) is 0 Å². The number of halogens is 4. The van der Waals surface area contributed by atoms with Gasteiger partial charge in [0.2, 0.25) is 0 Å². The lowest BCUT2D eigenvalue weighted by Crippen LogP contribution is -2.39. The Bertz CT molecular complexity index is 332. The average molecular weight is 453 g/mol. The molecule has 8 heteroatoms. The zero-order valence-electron chi connectivity index (χ0n) is 13.3. The van der Waals surface area contributed by atoms with Gasteiger partial charge in [0, 0.05) is 24.3 Å². The first-order chi connectivity index (χ1) is 9.85. The van der Waals surface area contributed by atoms with Crippen molar-refractivity contribution in [3.05, 3.63) is 0 Å². The SMILES string of the molecule is CCNC(=NCC1(C)CCCS1)NCCCCC(F)(F)F.I. The number of unbranched alkanes of at least 4 members (excludes halogenated alkanes) is 1. The first-order valence-electron chi connectivity index (χ1n) is 7.57. The van der Waals surface area contributed by atoms with Gasteiger partial charge in [-0.15, -0.1) is 24.0 Å². The molecule has 2 N–H and O–H groups in total. The van der Waals surface area contributed by atoms with Gasteiger partial charge in [-0.1, -0.05) is 0 Å². The van der Waals surface area contributed by atoms with Gasteiger partial charge in [-0.3, -0.25) is 4.99 Å². The molecule has 0 aliphatic carbocycles. The number of rotatable bonds is 7. The van der Waals surface area contributed by atoms with Crippen LogP contribution >= 0.6 is 35.7 Å². The molecule has 1 heterocycles. The average Bonchev–Trinajstić information content (AvgIpc) is 2.81. The lowest BCUT2D eigenvalue weighted by molar-refractivity contribution is -0.135. The maximum absolute atomic E-state index is 12.0. The number of guanidine groups is 1. The monoisotopic (exact) mass is 453 g/mol. The highest BCUT2D eigenvalue weighted by atomic mass is 127. The molecule has 1 rings (SSSR count). The van der Waals surface area contributed by atoms with Crippen LogP contribution in [0.25, 0.3) is 0 Å². The molecule has 1 saturated heterocycles. The third-order valence-electron chi connectivity index (χ3n) is 3.40. The van der Waals surface area contributed by atoms with Gasteiger partial charge >= 0.3 is 6.18 Å². The Morgan fingerprint density at radius 1 is 1.27 bits per heavy atom. The van der Waals surface area contributed by atoms with Crippen molar-refractivity contribution in [1.82, 2.24) is 10.6 Å². The van der Waals surface area contributed by atoms with E-state index in [4.69, 9.17) is 0 Å². The summed E-state index contributed by atoms with van der Waals surface area (Å²) in [7, 11) is 0. The molecule has 1 atom stereocenters. The van der Waals surface area contributed by atoms with Crippen LogP contribution < -0.4 is 10.6 Å². The molecule has 1 fully saturated rings. The predicted molar refractivity (Wildman–Crippen MR) is 99.4 cm³/mol. The number of nitrogens with one attached hydrogen (secondary N) is 2. The summed E-state index contributed by atoms with van der Waals surface area (Å²) in [5, 5.41) is 6.25. The normalized spacial score (nSPS) is 22.3. The Balaban J connectivity index is 0.00000441. The number of thioether (sulfide) groups is 1. The summed E-state index contributed by atoms with van der Waals surface area (Å²) in [5.41, 5.74) is 0. The van der Waals surface area contributed by atoms with E-state index in [1.54, 1.807) is 0 Å². The lowest BCUT2D eigenvalue weighted by Gasteiger charge is -2.21. The summed E-state index contributed by atoms with van der Waals surface area (Å²) in [5.74, 6) is 1.89. The number of aliphatic imine (C=N–C) groups is 1. The maximum Gasteiger partial charge on any atom is 0.389 e. The van der Waals surface area contributed by atoms with E-state index in [9.17, 15) is 13.2 Å². The Morgan fingerprint density at radius 2 is 2.00 bits per heavy atom. The third-order valence-corrected chi connectivity index (χ3v) is 4.92. The highest BCUT2D eigenvalue weighted by Crippen LogP contribution is 2.37. The molecular weight excluding hydrogens is 426 g/mol. The molecule has 0 amide bonds. The lowest BCUT2D eigenvalue weighted by atomic mass is 10.1. The van der Waals surface area contributed by atoms with Gasteiger partial charge in [0.15, 0.2) is 5.96 Å². The molecule has 132 valence electrons. The van der Waals surface area contributed by atoms with Crippen LogP contribution in [0.15, 0.2) is 4.99 Å². The molecule has 1 aliphatic rings. The predicted octanol–water partition coefficient (Wildman–Crippen LogP) is 4.18. The van der Waals surface area contributed by atoms with Gasteiger partial charge in [0.05, 0.1) is 6.54 Å². The summed E-state index contributed by atoms with van der Waals surface area (Å²) >= 11 is 1.95. The minimum absolute atomic E-state index is 0. The zero-order chi connectivity index (χ0) is 15.8. The highest BCUT2D eigenvalue weighted by molar-refractivity contribution is 14.0. The van der Waals surface area contributed by atoms with Crippen LogP contribution in [0.2, 0.25) is 0 Å². The van der Waals surface area contributed by atoms with Crippen molar-refractivity contribution < 1.29 is 13.2 Å². The second-order valence-corrected chi connectivity index (χ2v) is 7.28. The van der Waals surface area contributed by atoms with Crippen molar-refractivity contribution in [2.75, 3.05) is 25.4 Å². The van der Waals surface area contributed by atoms with Crippen molar-refractivity contribution in [1.29, 1.82) is 0 Å². The van der Waals surface area contributed by atoms with Crippen LogP contribution in [-0.4, -0.2) is 42.3 Å². The van der Waals surface area contributed by atoms with E-state index in [0.717, 1.165) is 13.1 Å². The van der Waals surface area contributed by atoms with E-state index in [2.05, 4.69) is 22.5 Å². The number of nitrogens with zero attached hydrogens (tertiary/aromatic N) is 1. The van der Waals surface area contributed by atoms with Crippen LogP contribution in [0, 0.1) is 0 Å². The van der Waals surface area contributed by atoms with Gasteiger partial charge in [0.25, 0.3) is 0 Å². The third kappa shape index (κ3) is 10.0. The van der Waals surface area contributed by atoms with E-state index in [1.165, 1.54) is 18.6 Å². The van der Waals surface area contributed by atoms with Gasteiger partial charge in [-0.25, -0.2) is 0 Å². The fourth-order valence-electron chi connectivity index (χ4n) is 2.21. The fraction of sp³-hybridized carbons (Fsp3) is 0.929. The van der Waals surface area contributed by atoms with Gasteiger partial charge < -0.3 is 10.6 Å². The molecule has 0 radical (unpaired) electrons. The van der Waals surface area contributed by atoms with Crippen LogP contribution in [0.4, 0.5) is 13.2 Å².